The van der Waals surface area contributed by atoms with Gasteiger partial charge in [-0.15, -0.1) is 59.0 Å². The molecule has 0 aliphatic carbocycles. The molecule has 0 fully saturated rings. The van der Waals surface area contributed by atoms with Gasteiger partial charge >= 0.3 is 17.9 Å². The molecule has 144 valence electrons. The normalized spacial score (nSPS) is 7.76. The second-order valence-electron chi connectivity index (χ2n) is 4.67. The predicted octanol–water partition coefficient (Wildman–Crippen LogP) is 2.82. The van der Waals surface area contributed by atoms with Crippen LogP contribution in [0.15, 0.2) is 54.6 Å². The molecule has 0 aliphatic heterocycles. The zero-order chi connectivity index (χ0) is 21.5. The maximum absolute atomic E-state index is 9.13. The van der Waals surface area contributed by atoms with Gasteiger partial charge in [0.25, 0.3) is 0 Å². The third kappa shape index (κ3) is 11.4. The van der Waals surface area contributed by atoms with Gasteiger partial charge in [-0.2, -0.15) is 0 Å². The monoisotopic (exact) mass is 423 g/mol. The summed E-state index contributed by atoms with van der Waals surface area (Å²) in [6.07, 6.45) is 13.0. The quantitative estimate of drug-likeness (QED) is 0.291. The molecule has 7 heteroatoms. The van der Waals surface area contributed by atoms with Crippen LogP contribution in [0.1, 0.15) is 0 Å². The minimum absolute atomic E-state index is 0. The van der Waals surface area contributed by atoms with E-state index in [1.807, 2.05) is 0 Å². The molecule has 3 rings (SSSR count). The Morgan fingerprint density at radius 2 is 0.897 bits per heavy atom. The molecule has 29 heavy (non-hydrogen) atoms. The van der Waals surface area contributed by atoms with Crippen molar-refractivity contribution in [3.8, 4) is 37.0 Å². The maximum Gasteiger partial charge on any atom is 0.381 e. The van der Waals surface area contributed by atoms with Gasteiger partial charge in [-0.3, -0.25) is 0 Å². The van der Waals surface area contributed by atoms with Crippen LogP contribution in [0.3, 0.4) is 0 Å². The molecule has 0 spiro atoms. The molecule has 0 saturated heterocycles. The number of benzene rings is 2. The zero-order valence-electron chi connectivity index (χ0n) is 15.0. The minimum Gasteiger partial charge on any atom is -0.472 e. The van der Waals surface area contributed by atoms with Crippen LogP contribution in [0.5, 0.6) is 0 Å². The van der Waals surface area contributed by atoms with Gasteiger partial charge in [0.1, 0.15) is 0 Å². The smallest absolute Gasteiger partial charge is 0.381 e. The van der Waals surface area contributed by atoms with E-state index in [1.165, 1.54) is 39.3 Å². The molecule has 3 N–H and O–H groups in total. The van der Waals surface area contributed by atoms with E-state index in [1.54, 1.807) is 0 Å². The summed E-state index contributed by atoms with van der Waals surface area (Å²) in [5.74, 6) is 0.681. The van der Waals surface area contributed by atoms with E-state index < -0.39 is 17.9 Å². The molecule has 6 nitrogen and oxygen atoms in total. The van der Waals surface area contributed by atoms with Gasteiger partial charge in [-0.05, 0) is 0 Å². The summed E-state index contributed by atoms with van der Waals surface area (Å²) < 4.78 is 0. The van der Waals surface area contributed by atoms with E-state index in [0.29, 0.717) is 0 Å². The van der Waals surface area contributed by atoms with Gasteiger partial charge in [0, 0.05) is 39.5 Å². The first-order chi connectivity index (χ1) is 13.3. The first-order valence-corrected chi connectivity index (χ1v) is 7.38. The first kappa shape index (κ1) is 27.3. The number of hydrogen-bond donors (Lipinski definition) is 3. The fraction of sp³-hybridized carbons (Fsp3) is 0. The number of carboxylic acid groups (broad SMARTS) is 3. The van der Waals surface area contributed by atoms with E-state index in [-0.39, 0.29) is 21.7 Å². The van der Waals surface area contributed by atoms with Crippen molar-refractivity contribution in [1.29, 1.82) is 0 Å². The number of hydrogen-bond acceptors (Lipinski definition) is 3. The Hall–Kier alpha value is -3.89. The number of carboxylic acids is 3. The van der Waals surface area contributed by atoms with Crippen LogP contribution < -0.4 is 0 Å². The first-order valence-electron chi connectivity index (χ1n) is 7.38. The summed E-state index contributed by atoms with van der Waals surface area (Å²) in [4.78, 5) is 27.4. The Bertz CT molecular complexity index is 983. The molecule has 0 heterocycles. The molecule has 3 aromatic rings. The van der Waals surface area contributed by atoms with Crippen molar-refractivity contribution in [2.45, 2.75) is 0 Å². The van der Waals surface area contributed by atoms with Crippen molar-refractivity contribution >= 4 is 39.5 Å². The van der Waals surface area contributed by atoms with Crippen LogP contribution in [0.25, 0.3) is 21.5 Å². The van der Waals surface area contributed by atoms with E-state index in [0.717, 1.165) is 0 Å². The summed E-state index contributed by atoms with van der Waals surface area (Å²) in [6, 6.07) is 19.3. The van der Waals surface area contributed by atoms with Crippen LogP contribution in [0, 0.1) is 37.0 Å². The van der Waals surface area contributed by atoms with Crippen molar-refractivity contribution < 1.29 is 51.4 Å². The molecule has 0 aliphatic rings. The molecule has 0 atom stereocenters. The molecule has 0 radical (unpaired) electrons. The van der Waals surface area contributed by atoms with Crippen molar-refractivity contribution in [2.75, 3.05) is 0 Å². The van der Waals surface area contributed by atoms with Crippen molar-refractivity contribution in [3.05, 3.63) is 54.6 Å². The van der Waals surface area contributed by atoms with Gasteiger partial charge in [-0.25, -0.2) is 14.4 Å². The summed E-state index contributed by atoms with van der Waals surface area (Å²) >= 11 is 0. The standard InChI is InChI=1S/C13H9.3C3H2O2.Ti/c1-3-7-12-10(5-1)9-11-6-2-4-8-13(11)12;3*1-2-3(4)5;/h1-9H;3*1H,(H,4,5);/q-1;;;;. The third-order valence-electron chi connectivity index (χ3n) is 2.89. The van der Waals surface area contributed by atoms with Crippen molar-refractivity contribution in [3.63, 3.8) is 0 Å². The van der Waals surface area contributed by atoms with Gasteiger partial charge in [0.2, 0.25) is 0 Å². The predicted molar refractivity (Wildman–Crippen MR) is 106 cm³/mol. The largest absolute Gasteiger partial charge is 0.472 e. The summed E-state index contributed by atoms with van der Waals surface area (Å²) in [5, 5.41) is 27.9. The average molecular weight is 423 g/mol. The molecule has 0 aromatic heterocycles. The Labute approximate surface area is 182 Å². The van der Waals surface area contributed by atoms with E-state index in [2.05, 4.69) is 73.9 Å². The van der Waals surface area contributed by atoms with E-state index in [4.69, 9.17) is 29.7 Å². The van der Waals surface area contributed by atoms with Crippen LogP contribution in [0.4, 0.5) is 0 Å². The van der Waals surface area contributed by atoms with Crippen molar-refractivity contribution in [1.82, 2.24) is 0 Å². The molecule has 0 amide bonds. The summed E-state index contributed by atoms with van der Waals surface area (Å²) in [6.45, 7) is 0. The third-order valence-corrected chi connectivity index (χ3v) is 2.89. The van der Waals surface area contributed by atoms with Crippen LogP contribution >= 0.6 is 0 Å². The molecule has 0 bridgehead atoms. The second kappa shape index (κ2) is 15.2. The van der Waals surface area contributed by atoms with Gasteiger partial charge < -0.3 is 15.3 Å². The zero-order valence-corrected chi connectivity index (χ0v) is 16.6. The number of terminal acetylenes is 3. The Morgan fingerprint density at radius 3 is 1.14 bits per heavy atom. The van der Waals surface area contributed by atoms with Crippen LogP contribution in [-0.2, 0) is 36.1 Å². The molecular weight excluding hydrogens is 408 g/mol. The topological polar surface area (TPSA) is 112 Å². The minimum atomic E-state index is -1.22. The van der Waals surface area contributed by atoms with E-state index in [9.17, 15) is 0 Å². The van der Waals surface area contributed by atoms with Crippen LogP contribution in [0.2, 0.25) is 0 Å². The average Bonchev–Trinajstić information content (AvgIpc) is 3.08. The van der Waals surface area contributed by atoms with Gasteiger partial charge in [-0.1, -0.05) is 36.4 Å². The summed E-state index contributed by atoms with van der Waals surface area (Å²) in [7, 11) is 0. The fourth-order valence-electron chi connectivity index (χ4n) is 1.90. The number of aliphatic carboxylic acids is 3. The van der Waals surface area contributed by atoms with Crippen molar-refractivity contribution in [2.24, 2.45) is 0 Å². The molecule has 3 aromatic carbocycles. The van der Waals surface area contributed by atoms with Crippen LogP contribution in [-0.4, -0.2) is 33.2 Å². The molecule has 0 saturated carbocycles. The molecule has 0 unspecified atom stereocenters. The van der Waals surface area contributed by atoms with Gasteiger partial charge in [0.15, 0.2) is 0 Å². The Balaban J connectivity index is 0. The number of fused-ring (bicyclic) bond motifs is 3. The van der Waals surface area contributed by atoms with E-state index >= 15 is 0 Å². The Kier molecular flexibility index (Phi) is 14.3. The Morgan fingerprint density at radius 1 is 0.655 bits per heavy atom. The number of rotatable bonds is 0. The fourth-order valence-corrected chi connectivity index (χ4v) is 1.90. The van der Waals surface area contributed by atoms with Gasteiger partial charge in [0.05, 0.1) is 0 Å². The number of carbonyl (C=O) groups is 3. The molecular formula is C22H15O6Ti-. The SMILES string of the molecule is C#CC(=O)O.C#CC(=O)O.C#CC(=O)O.[Ti].c1ccc2c(c1)[cH-]c1ccccc12. The summed E-state index contributed by atoms with van der Waals surface area (Å²) in [5.41, 5.74) is 0. The second-order valence-corrected chi connectivity index (χ2v) is 4.67. The maximum atomic E-state index is 9.13.